The second-order valence-corrected chi connectivity index (χ2v) is 17.8. The average molecular weight is 739 g/mol. The molecule has 0 unspecified atom stereocenters. The lowest BCUT2D eigenvalue weighted by molar-refractivity contribution is -0.523. The fraction of sp³-hybridized carbons (Fsp3) is 0.421. The molecule has 3 saturated heterocycles. The van der Waals surface area contributed by atoms with Crippen molar-refractivity contribution in [3.8, 4) is 0 Å². The smallest absolute Gasteiger partial charge is 0.430 e. The Labute approximate surface area is 300 Å². The van der Waals surface area contributed by atoms with Crippen LogP contribution in [0.15, 0.2) is 65.4 Å². The molecule has 52 heavy (non-hydrogen) atoms. The molecule has 1 aliphatic carbocycles. The highest BCUT2D eigenvalue weighted by molar-refractivity contribution is 7.00. The highest BCUT2D eigenvalue weighted by atomic mass is 28.3. The van der Waals surface area contributed by atoms with Gasteiger partial charge in [-0.3, -0.25) is 0 Å². The Hall–Kier alpha value is -4.53. The molecule has 0 radical (unpaired) electrons. The summed E-state index contributed by atoms with van der Waals surface area (Å²) in [7, 11) is -2.28. The van der Waals surface area contributed by atoms with Gasteiger partial charge in [-0.1, -0.05) is 25.3 Å². The van der Waals surface area contributed by atoms with Crippen LogP contribution < -0.4 is 15.2 Å². The van der Waals surface area contributed by atoms with E-state index in [1.54, 1.807) is 6.07 Å². The molecule has 10 nitrogen and oxygen atoms in total. The van der Waals surface area contributed by atoms with Crippen LogP contribution >= 0.6 is 0 Å². The van der Waals surface area contributed by atoms with E-state index in [0.29, 0.717) is 18.8 Å². The molecule has 14 heteroatoms. The van der Waals surface area contributed by atoms with Crippen molar-refractivity contribution in [1.82, 2.24) is 0 Å². The van der Waals surface area contributed by atoms with Gasteiger partial charge in [-0.15, -0.1) is 0 Å². The highest BCUT2D eigenvalue weighted by Crippen LogP contribution is 2.48. The van der Waals surface area contributed by atoms with Gasteiger partial charge in [0.1, 0.15) is 27.2 Å². The van der Waals surface area contributed by atoms with Crippen molar-refractivity contribution in [2.75, 3.05) is 57.5 Å². The van der Waals surface area contributed by atoms with Gasteiger partial charge >= 0.3 is 18.1 Å². The lowest BCUT2D eigenvalue weighted by Gasteiger charge is -2.45. The predicted octanol–water partition coefficient (Wildman–Crippen LogP) is 4.17. The lowest BCUT2D eigenvalue weighted by atomic mass is 9.86. The molecule has 1 spiro atoms. The maximum absolute atomic E-state index is 12.7. The van der Waals surface area contributed by atoms with Crippen molar-refractivity contribution >= 4 is 48.1 Å². The van der Waals surface area contributed by atoms with E-state index >= 15 is 0 Å². The first-order chi connectivity index (χ1) is 24.9. The second kappa shape index (κ2) is 15.6. The molecule has 5 aliphatic rings. The number of fused-ring (bicyclic) bond motifs is 4. The third-order valence-corrected chi connectivity index (χ3v) is 15.8. The summed E-state index contributed by atoms with van der Waals surface area (Å²) in [6.45, 7) is 6.49. The number of nitrogens with zero attached hydrogens (tertiary/aromatic N) is 2. The number of carboxylic acid groups (broad SMARTS) is 3. The standard InChI is InChI=1S/C36H40N2O6Si.C2HF3O2/c39-35(40)25-6-9-28(36(41)42)31(22-25)34-29-10-7-26(37-12-4-16-43-18-14-37)23-32(29)45(20-2-1-3-21-45)33-24-27(8-11-30(33)34)38-13-5-17-44-19-15-38;3-2(4,5)1(6)7/h6-11,22-24H,1-5,12-21H2,(H-,39,40,41,42);(H,6,7). The summed E-state index contributed by atoms with van der Waals surface area (Å²) in [5, 5.41) is 31.8. The average Bonchev–Trinajstić information content (AvgIpc) is 3.58. The number of halogens is 3. The minimum absolute atomic E-state index is 0.0863. The molecule has 0 amide bonds. The van der Waals surface area contributed by atoms with Gasteiger partial charge in [0.25, 0.3) is 0 Å². The number of hydrogen-bond donors (Lipinski definition) is 2. The third kappa shape index (κ3) is 7.64. The predicted molar refractivity (Wildman–Crippen MR) is 188 cm³/mol. The molecule has 0 aromatic heterocycles. The molecule has 0 saturated carbocycles. The highest BCUT2D eigenvalue weighted by Gasteiger charge is 2.48. The fourth-order valence-corrected chi connectivity index (χ4v) is 13.7. The van der Waals surface area contributed by atoms with Crippen molar-refractivity contribution < 1.29 is 56.9 Å². The minimum atomic E-state index is -5.19. The van der Waals surface area contributed by atoms with Crippen LogP contribution in [-0.4, -0.2) is 105 Å². The summed E-state index contributed by atoms with van der Waals surface area (Å²) >= 11 is 0. The molecular formula is C38H41F3N2O8Si. The molecule has 2 aromatic rings. The van der Waals surface area contributed by atoms with E-state index < -0.39 is 32.2 Å². The van der Waals surface area contributed by atoms with E-state index in [0.717, 1.165) is 81.0 Å². The number of ether oxygens (including phenoxy) is 2. The van der Waals surface area contributed by atoms with E-state index in [-0.39, 0.29) is 11.1 Å². The Kier molecular flexibility index (Phi) is 11.2. The molecule has 2 N–H and O–H groups in total. The van der Waals surface area contributed by atoms with Gasteiger partial charge in [0.2, 0.25) is 0 Å². The first-order valence-corrected chi connectivity index (χ1v) is 20.0. The van der Waals surface area contributed by atoms with Crippen LogP contribution in [0.4, 0.5) is 18.9 Å². The van der Waals surface area contributed by atoms with Crippen LogP contribution in [0, 0.1) is 0 Å². The van der Waals surface area contributed by atoms with Gasteiger partial charge < -0.3 is 34.5 Å². The van der Waals surface area contributed by atoms with Gasteiger partial charge in [0.15, 0.2) is 12.3 Å². The Morgan fingerprint density at radius 3 is 2.25 bits per heavy atom. The zero-order chi connectivity index (χ0) is 37.0. The number of allylic oxidation sites excluding steroid dienone is 5. The summed E-state index contributed by atoms with van der Waals surface area (Å²) in [5.41, 5.74) is 6.02. The van der Waals surface area contributed by atoms with Crippen molar-refractivity contribution in [2.24, 2.45) is 0 Å². The SMILES string of the molecule is O=C(O)c1ccc(C(=O)O)c(C2=C3C=CC(=[N+]4CCCOCC4)C=C3[Si]3(CCCCC3)c3cc(N4CCCOCC4)ccc32)c1.O=C([O-])C(F)(F)F. The molecular weight excluding hydrogens is 698 g/mol. The Balaban J connectivity index is 0.000000604. The molecule has 0 bridgehead atoms. The third-order valence-electron chi connectivity index (χ3n) is 10.5. The van der Waals surface area contributed by atoms with E-state index in [1.165, 1.54) is 53.2 Å². The monoisotopic (exact) mass is 738 g/mol. The number of anilines is 1. The zero-order valence-electron chi connectivity index (χ0n) is 28.7. The van der Waals surface area contributed by atoms with E-state index in [9.17, 15) is 33.0 Å². The quantitative estimate of drug-likeness (QED) is 0.350. The number of aliphatic carboxylic acids is 1. The number of alkyl halides is 3. The Morgan fingerprint density at radius 2 is 1.54 bits per heavy atom. The molecule has 7 rings (SSSR count). The van der Waals surface area contributed by atoms with Gasteiger partial charge in [-0.2, -0.15) is 13.2 Å². The van der Waals surface area contributed by atoms with Gasteiger partial charge in [-0.25, -0.2) is 14.2 Å². The Bertz CT molecular complexity index is 1860. The van der Waals surface area contributed by atoms with Crippen molar-refractivity contribution in [3.63, 3.8) is 0 Å². The summed E-state index contributed by atoms with van der Waals surface area (Å²) < 4.78 is 45.5. The van der Waals surface area contributed by atoms with Crippen molar-refractivity contribution in [1.29, 1.82) is 0 Å². The van der Waals surface area contributed by atoms with Crippen LogP contribution in [0.25, 0.3) is 5.57 Å². The molecule has 3 fully saturated rings. The maximum Gasteiger partial charge on any atom is 0.430 e. The van der Waals surface area contributed by atoms with Crippen LogP contribution in [0.5, 0.6) is 0 Å². The topological polar surface area (TPSA) is 139 Å². The molecule has 276 valence electrons. The number of carboxylic acids is 3. The first kappa shape index (κ1) is 37.2. The van der Waals surface area contributed by atoms with E-state index in [4.69, 9.17) is 19.4 Å². The van der Waals surface area contributed by atoms with Gasteiger partial charge in [0.05, 0.1) is 24.3 Å². The summed E-state index contributed by atoms with van der Waals surface area (Å²) in [5.74, 6) is -5.14. The van der Waals surface area contributed by atoms with Crippen molar-refractivity contribution in [2.45, 2.75) is 50.4 Å². The molecule has 4 aliphatic heterocycles. The number of aromatic carboxylic acids is 2. The number of carbonyl (C=O) groups excluding carboxylic acids is 1. The van der Waals surface area contributed by atoms with Gasteiger partial charge in [0, 0.05) is 44.0 Å². The summed E-state index contributed by atoms with van der Waals surface area (Å²) in [6, 6.07) is 13.5. The Morgan fingerprint density at radius 1 is 0.808 bits per heavy atom. The largest absolute Gasteiger partial charge is 0.542 e. The summed E-state index contributed by atoms with van der Waals surface area (Å²) in [6.07, 6.45) is 7.13. The van der Waals surface area contributed by atoms with Crippen LogP contribution in [0.3, 0.4) is 0 Å². The lowest BCUT2D eigenvalue weighted by Crippen LogP contribution is -2.55. The van der Waals surface area contributed by atoms with E-state index in [2.05, 4.69) is 45.9 Å². The number of hydrogen-bond acceptors (Lipinski definition) is 7. The minimum Gasteiger partial charge on any atom is -0.542 e. The van der Waals surface area contributed by atoms with Crippen LogP contribution in [-0.2, 0) is 14.3 Å². The number of benzene rings is 2. The van der Waals surface area contributed by atoms with Crippen LogP contribution in [0.1, 0.15) is 63.9 Å². The van der Waals surface area contributed by atoms with Crippen LogP contribution in [0.2, 0.25) is 12.1 Å². The summed E-state index contributed by atoms with van der Waals surface area (Å²) in [4.78, 5) is 36.0. The maximum atomic E-state index is 12.7. The van der Waals surface area contributed by atoms with Crippen molar-refractivity contribution in [3.05, 3.63) is 87.6 Å². The molecule has 2 aromatic carbocycles. The first-order valence-electron chi connectivity index (χ1n) is 17.6. The van der Waals surface area contributed by atoms with E-state index in [1.807, 2.05) is 0 Å². The molecule has 0 atom stereocenters. The van der Waals surface area contributed by atoms with Gasteiger partial charge in [-0.05, 0) is 87.6 Å². The molecule has 4 heterocycles. The number of rotatable bonds is 4. The fourth-order valence-electron chi connectivity index (χ4n) is 8.04. The number of carbonyl (C=O) groups is 3. The zero-order valence-corrected chi connectivity index (χ0v) is 29.7. The second-order valence-electron chi connectivity index (χ2n) is 13.5. The normalized spacial score (nSPS) is 21.5.